The van der Waals surface area contributed by atoms with Gasteiger partial charge in [-0.15, -0.1) is 0 Å². The summed E-state index contributed by atoms with van der Waals surface area (Å²) >= 11 is 3.74. The average Bonchev–Trinajstić information content (AvgIpc) is 3.04. The van der Waals surface area contributed by atoms with Gasteiger partial charge in [-0.2, -0.15) is 23.5 Å². The minimum Gasteiger partial charge on any atom is -0.507 e. The quantitative estimate of drug-likeness (QED) is 0.166. The molecule has 0 aliphatic carbocycles. The van der Waals surface area contributed by atoms with Crippen LogP contribution in [0.2, 0.25) is 0 Å². The van der Waals surface area contributed by atoms with Crippen LogP contribution in [0.4, 0.5) is 0 Å². The van der Waals surface area contributed by atoms with Crippen LogP contribution in [0.25, 0.3) is 22.3 Å². The van der Waals surface area contributed by atoms with Crippen LogP contribution in [0.1, 0.15) is 169 Å². The van der Waals surface area contributed by atoms with Gasteiger partial charge in [-0.25, -0.2) is 0 Å². The van der Waals surface area contributed by atoms with Crippen molar-refractivity contribution in [2.24, 2.45) is 0 Å². The minimum atomic E-state index is -0.0585. The number of phenolic OH excluding ortho intramolecular Hbond substituents is 2. The lowest BCUT2D eigenvalue weighted by Gasteiger charge is -2.27. The number of rotatable bonds is 9. The van der Waals surface area contributed by atoms with E-state index in [1.165, 1.54) is 33.4 Å². The van der Waals surface area contributed by atoms with Gasteiger partial charge in [0, 0.05) is 45.3 Å². The summed E-state index contributed by atoms with van der Waals surface area (Å²) in [5, 5.41) is 23.8. The van der Waals surface area contributed by atoms with Crippen molar-refractivity contribution in [1.29, 1.82) is 0 Å². The second-order valence-corrected chi connectivity index (χ2v) is 24.5. The molecule has 0 heterocycles. The van der Waals surface area contributed by atoms with Gasteiger partial charge < -0.3 is 10.2 Å². The fourth-order valence-electron chi connectivity index (χ4n) is 6.70. The highest BCUT2D eigenvalue weighted by atomic mass is 32.2. The number of aromatic hydroxyl groups is 2. The molecule has 2 N–H and O–H groups in total. The Balaban J connectivity index is 1.59. The van der Waals surface area contributed by atoms with Crippen molar-refractivity contribution < 1.29 is 10.2 Å². The van der Waals surface area contributed by atoms with Gasteiger partial charge >= 0.3 is 0 Å². The van der Waals surface area contributed by atoms with Crippen LogP contribution in [0.3, 0.4) is 0 Å². The summed E-state index contributed by atoms with van der Waals surface area (Å²) in [7, 11) is 0. The lowest BCUT2D eigenvalue weighted by molar-refractivity contribution is 0.470. The molecule has 306 valence electrons. The molecule has 4 rings (SSSR count). The summed E-state index contributed by atoms with van der Waals surface area (Å²) < 4.78 is 0. The first-order valence-electron chi connectivity index (χ1n) is 20.6. The van der Waals surface area contributed by atoms with E-state index in [0.29, 0.717) is 11.5 Å². The predicted octanol–water partition coefficient (Wildman–Crippen LogP) is 15.4. The molecule has 0 radical (unpaired) electrons. The van der Waals surface area contributed by atoms with E-state index < -0.39 is 0 Å². The van der Waals surface area contributed by atoms with Gasteiger partial charge in [-0.1, -0.05) is 173 Å². The summed E-state index contributed by atoms with van der Waals surface area (Å²) in [5.74, 6) is 4.16. The van der Waals surface area contributed by atoms with E-state index in [4.69, 9.17) is 0 Å². The molecule has 4 aromatic carbocycles. The molecule has 0 spiro atoms. The van der Waals surface area contributed by atoms with Gasteiger partial charge in [0.1, 0.15) is 11.5 Å². The number of benzene rings is 4. The van der Waals surface area contributed by atoms with Crippen molar-refractivity contribution in [3.8, 4) is 33.8 Å². The summed E-state index contributed by atoms with van der Waals surface area (Å²) in [6, 6.07) is 22.7. The number of hydrogen-bond acceptors (Lipinski definition) is 4. The van der Waals surface area contributed by atoms with Gasteiger partial charge in [0.2, 0.25) is 0 Å². The SMILES string of the molecule is CC(C)(C)c1cc(-c2cc(C(C)(C)C)cc(CSCCSCc3cc(C(C)(C)C)cc(-c4cc(C(C)(C)C)cc(C(C)(C)C)c4)c3O)c2O)cc(C(C)(C)C)c1. The standard InChI is InChI=1S/C52H74O2S2/c1-47(2,3)37-21-33(22-38(27-37)48(4,5)6)43-29-41(51(13,14)15)25-35(45(43)53)31-55-19-20-56-32-36-26-42(52(16,17)18)30-44(46(36)54)34-23-39(49(7,8)9)28-40(24-34)50(10,11)12/h21-30,53-54H,19-20,31-32H2,1-18H3. The van der Waals surface area contributed by atoms with E-state index in [9.17, 15) is 10.2 Å². The van der Waals surface area contributed by atoms with Crippen molar-refractivity contribution >= 4 is 23.5 Å². The van der Waals surface area contributed by atoms with Crippen LogP contribution in [0.15, 0.2) is 60.7 Å². The van der Waals surface area contributed by atoms with Crippen molar-refractivity contribution in [2.45, 2.75) is 169 Å². The number of phenols is 2. The first-order chi connectivity index (χ1) is 25.4. The van der Waals surface area contributed by atoms with Crippen LogP contribution in [0.5, 0.6) is 11.5 Å². The number of thioether (sulfide) groups is 2. The Morgan fingerprint density at radius 3 is 0.804 bits per heavy atom. The third kappa shape index (κ3) is 11.4. The molecule has 0 amide bonds. The van der Waals surface area contributed by atoms with Crippen LogP contribution in [-0.4, -0.2) is 21.7 Å². The predicted molar refractivity (Wildman–Crippen MR) is 252 cm³/mol. The monoisotopic (exact) mass is 795 g/mol. The molecule has 0 saturated carbocycles. The van der Waals surface area contributed by atoms with E-state index in [1.54, 1.807) is 0 Å². The maximum absolute atomic E-state index is 11.9. The highest BCUT2D eigenvalue weighted by molar-refractivity contribution is 8.02. The molecule has 0 bridgehead atoms. The highest BCUT2D eigenvalue weighted by Gasteiger charge is 2.26. The summed E-state index contributed by atoms with van der Waals surface area (Å²) in [5.41, 5.74) is 13.5. The fraction of sp³-hybridized carbons (Fsp3) is 0.538. The fourth-order valence-corrected chi connectivity index (χ4v) is 8.81. The van der Waals surface area contributed by atoms with Crippen molar-refractivity contribution in [3.63, 3.8) is 0 Å². The molecule has 0 aliphatic rings. The van der Waals surface area contributed by atoms with Crippen LogP contribution < -0.4 is 0 Å². The van der Waals surface area contributed by atoms with Crippen LogP contribution >= 0.6 is 23.5 Å². The Bertz CT molecular complexity index is 1800. The first kappa shape index (κ1) is 45.9. The normalized spacial score (nSPS) is 13.4. The Labute approximate surface area is 351 Å². The molecule has 0 aliphatic heterocycles. The molecule has 56 heavy (non-hydrogen) atoms. The van der Waals surface area contributed by atoms with E-state index in [0.717, 1.165) is 56.4 Å². The average molecular weight is 795 g/mol. The van der Waals surface area contributed by atoms with E-state index in [1.807, 2.05) is 23.5 Å². The van der Waals surface area contributed by atoms with Crippen LogP contribution in [0, 0.1) is 0 Å². The third-order valence-corrected chi connectivity index (χ3v) is 13.2. The van der Waals surface area contributed by atoms with Crippen molar-refractivity contribution in [1.82, 2.24) is 0 Å². The van der Waals surface area contributed by atoms with Gasteiger partial charge in [0.15, 0.2) is 0 Å². The van der Waals surface area contributed by atoms with E-state index >= 15 is 0 Å². The molecule has 0 atom stereocenters. The molecule has 0 fully saturated rings. The van der Waals surface area contributed by atoms with Crippen molar-refractivity contribution in [3.05, 3.63) is 105 Å². The van der Waals surface area contributed by atoms with Gasteiger partial charge in [-0.05, 0) is 89.1 Å². The van der Waals surface area contributed by atoms with E-state index in [-0.39, 0.29) is 32.5 Å². The highest BCUT2D eigenvalue weighted by Crippen LogP contribution is 2.44. The summed E-state index contributed by atoms with van der Waals surface area (Å²) in [6.07, 6.45) is 0. The van der Waals surface area contributed by atoms with Crippen LogP contribution in [-0.2, 0) is 44.0 Å². The second-order valence-electron chi connectivity index (χ2n) is 22.3. The molecule has 0 saturated heterocycles. The topological polar surface area (TPSA) is 40.5 Å². The molecule has 0 unspecified atom stereocenters. The zero-order valence-electron chi connectivity index (χ0n) is 38.3. The molecule has 2 nitrogen and oxygen atoms in total. The van der Waals surface area contributed by atoms with Crippen molar-refractivity contribution in [2.75, 3.05) is 11.5 Å². The smallest absolute Gasteiger partial charge is 0.127 e. The van der Waals surface area contributed by atoms with Gasteiger partial charge in [0.25, 0.3) is 0 Å². The Hall–Kier alpha value is -2.82. The molecule has 4 heteroatoms. The zero-order valence-corrected chi connectivity index (χ0v) is 39.9. The maximum atomic E-state index is 11.9. The molecule has 0 aromatic heterocycles. The summed E-state index contributed by atoms with van der Waals surface area (Å²) in [6.45, 7) is 40.7. The molecule has 4 aromatic rings. The molecular formula is C52H74O2S2. The van der Waals surface area contributed by atoms with Gasteiger partial charge in [0.05, 0.1) is 0 Å². The zero-order chi connectivity index (χ0) is 42.4. The van der Waals surface area contributed by atoms with Gasteiger partial charge in [-0.3, -0.25) is 0 Å². The second kappa shape index (κ2) is 16.4. The number of hydrogen-bond donors (Lipinski definition) is 2. The summed E-state index contributed by atoms with van der Waals surface area (Å²) in [4.78, 5) is 0. The Kier molecular flexibility index (Phi) is 13.5. The minimum absolute atomic E-state index is 0.0108. The molecular weight excluding hydrogens is 721 g/mol. The Morgan fingerprint density at radius 2 is 0.571 bits per heavy atom. The lowest BCUT2D eigenvalue weighted by Crippen LogP contribution is -2.16. The third-order valence-electron chi connectivity index (χ3n) is 10.9. The Morgan fingerprint density at radius 1 is 0.339 bits per heavy atom. The lowest BCUT2D eigenvalue weighted by atomic mass is 9.78. The first-order valence-corrected chi connectivity index (χ1v) is 22.9. The van der Waals surface area contributed by atoms with E-state index in [2.05, 4.69) is 185 Å². The largest absolute Gasteiger partial charge is 0.507 e. The maximum Gasteiger partial charge on any atom is 0.127 e.